The maximum absolute atomic E-state index is 15.4. The summed E-state index contributed by atoms with van der Waals surface area (Å²) in [5, 5.41) is 1.72. The molecule has 1 aromatic heterocycles. The van der Waals surface area contributed by atoms with Crippen molar-refractivity contribution < 1.29 is 92.5 Å². The first-order chi connectivity index (χ1) is 37.4. The lowest BCUT2D eigenvalue weighted by Crippen LogP contribution is -2.81. The Bertz CT molecular complexity index is 3560. The highest BCUT2D eigenvalue weighted by Gasteiger charge is 2.52. The van der Waals surface area contributed by atoms with Crippen molar-refractivity contribution in [2.75, 3.05) is 6.61 Å². The van der Waals surface area contributed by atoms with E-state index in [1.54, 1.807) is 17.4 Å². The van der Waals surface area contributed by atoms with E-state index in [2.05, 4.69) is 73.7 Å². The average Bonchev–Trinajstić information content (AvgIpc) is 3.58. The molecule has 0 aliphatic rings. The normalized spacial score (nSPS) is 11.7. The topological polar surface area (TPSA) is 26.3 Å². The summed E-state index contributed by atoms with van der Waals surface area (Å²) in [6.07, 6.45) is -5.19. The molecule has 8 aromatic carbocycles. The number of hydrogen-bond donors (Lipinski definition) is 0. The van der Waals surface area contributed by atoms with Crippen molar-refractivity contribution in [1.82, 2.24) is 0 Å². The zero-order valence-electron chi connectivity index (χ0n) is 38.9. The molecule has 2 nitrogen and oxygen atoms in total. The van der Waals surface area contributed by atoms with Gasteiger partial charge in [0, 0.05) is 16.2 Å². The molecule has 0 aliphatic heterocycles. The Hall–Kier alpha value is -7.25. The lowest BCUT2D eigenvalue weighted by molar-refractivity contribution is 0.313. The van der Waals surface area contributed by atoms with Crippen LogP contribution in [-0.4, -0.2) is 12.8 Å². The summed E-state index contributed by atoms with van der Waals surface area (Å²) >= 11 is 8.11. The number of ether oxygens (including phenoxy) is 1. The number of rotatable bonds is 11. The van der Waals surface area contributed by atoms with Crippen LogP contribution in [0.5, 0.6) is 5.75 Å². The van der Waals surface area contributed by atoms with Crippen LogP contribution in [0.4, 0.5) is 87.8 Å². The number of benzene rings is 8. The van der Waals surface area contributed by atoms with Crippen molar-refractivity contribution in [3.63, 3.8) is 0 Å². The van der Waals surface area contributed by atoms with Gasteiger partial charge >= 0.3 is 0 Å². The Balaban J connectivity index is 0.000000216. The molecule has 0 aliphatic carbocycles. The molecule has 0 amide bonds. The molecule has 410 valence electrons. The van der Waals surface area contributed by atoms with E-state index < -0.39 is 144 Å². The first-order valence-corrected chi connectivity index (χ1v) is 24.7. The molecule has 9 aromatic rings. The zero-order valence-corrected chi connectivity index (χ0v) is 41.3. The summed E-state index contributed by atoms with van der Waals surface area (Å²) in [5.41, 5.74) is -14.4. The fraction of sp³-hybridized carbons (Fsp3) is 0.0755. The Morgan fingerprint density at radius 1 is 0.443 bits per heavy atom. The molecule has 9 rings (SSSR count). The molecule has 79 heavy (non-hydrogen) atoms. The van der Waals surface area contributed by atoms with Gasteiger partial charge in [-0.3, -0.25) is 4.79 Å². The fourth-order valence-corrected chi connectivity index (χ4v) is 12.4. The van der Waals surface area contributed by atoms with Crippen LogP contribution < -0.4 is 32.0 Å². The lowest BCUT2D eigenvalue weighted by atomic mass is 9.12. The van der Waals surface area contributed by atoms with Crippen LogP contribution in [0.15, 0.2) is 110 Å². The van der Waals surface area contributed by atoms with Crippen LogP contribution in [0.25, 0.3) is 20.2 Å². The Labute approximate surface area is 442 Å². The molecule has 0 saturated carbocycles. The van der Waals surface area contributed by atoms with Crippen molar-refractivity contribution in [3.05, 3.63) is 223 Å². The molecule has 26 heteroatoms. The second-order valence-electron chi connectivity index (χ2n) is 16.8. The predicted molar refractivity (Wildman–Crippen MR) is 255 cm³/mol. The molecule has 0 unspecified atom stereocenters. The smallest absolute Gasteiger partial charge is 0.200 e. The van der Waals surface area contributed by atoms with Crippen molar-refractivity contribution in [3.8, 4) is 5.75 Å². The Kier molecular flexibility index (Phi) is 16.5. The minimum Gasteiger partial charge on any atom is -0.492 e. The number of unbranched alkanes of at least 4 members (excludes halogenated alkanes) is 1. The van der Waals surface area contributed by atoms with E-state index in [0.29, 0.717) is 22.4 Å². The minimum atomic E-state index is -7.22. The van der Waals surface area contributed by atoms with Gasteiger partial charge in [-0.1, -0.05) is 61.3 Å². The summed E-state index contributed by atoms with van der Waals surface area (Å²) in [4.78, 5) is 17.3. The first-order valence-electron chi connectivity index (χ1n) is 22.3. The van der Waals surface area contributed by atoms with Crippen molar-refractivity contribution in [2.45, 2.75) is 34.5 Å². The second-order valence-corrected chi connectivity index (χ2v) is 20.3. The van der Waals surface area contributed by atoms with Gasteiger partial charge in [0.25, 0.3) is 0 Å². The van der Waals surface area contributed by atoms with E-state index in [9.17, 15) is 57.5 Å². The summed E-state index contributed by atoms with van der Waals surface area (Å²) < 4.78 is 302. The van der Waals surface area contributed by atoms with E-state index in [0.717, 1.165) is 32.9 Å². The SMILES string of the molecule is CCCCOc1ccc(Cl)c2c(=O)c3cc([S+](c4ccccc4)c4ccccc4)ccc3sc12.Fc1c(F)c(F)c([B-](c2c(F)c(F)c(F)c(F)c2F)(c2c(F)c(F)c(F)c(F)c2F)c2c(F)c(F)c(F)c(F)c2F)c(F)c1F. The Morgan fingerprint density at radius 3 is 1.13 bits per heavy atom. The highest BCUT2D eigenvalue weighted by molar-refractivity contribution is 7.97. The van der Waals surface area contributed by atoms with Crippen molar-refractivity contribution in [2.24, 2.45) is 0 Å². The average molecular weight is 1180 g/mol. The van der Waals surface area contributed by atoms with Gasteiger partial charge < -0.3 is 4.74 Å². The van der Waals surface area contributed by atoms with Crippen LogP contribution in [0.2, 0.25) is 5.02 Å². The van der Waals surface area contributed by atoms with Crippen LogP contribution in [-0.2, 0) is 10.9 Å². The number of hydrogen-bond acceptors (Lipinski definition) is 3. The number of fused-ring (bicyclic) bond motifs is 2. The molecule has 0 N–H and O–H groups in total. The van der Waals surface area contributed by atoms with Gasteiger partial charge in [0.05, 0.1) is 32.6 Å². The second kappa shape index (κ2) is 22.5. The van der Waals surface area contributed by atoms with E-state index in [4.69, 9.17) is 16.3 Å². The molecule has 1 heterocycles. The molecule has 0 fully saturated rings. The third kappa shape index (κ3) is 9.49. The molecule has 0 atom stereocenters. The highest BCUT2D eigenvalue weighted by atomic mass is 35.5. The summed E-state index contributed by atoms with van der Waals surface area (Å²) in [7, 11) is -0.320. The zero-order chi connectivity index (χ0) is 57.8. The molecular formula is C53H24BClF20O2S2. The predicted octanol–water partition coefficient (Wildman–Crippen LogP) is 14.2. The largest absolute Gasteiger partial charge is 0.492 e. The van der Waals surface area contributed by atoms with Gasteiger partial charge in [-0.15, -0.1) is 33.2 Å². The van der Waals surface area contributed by atoms with Crippen LogP contribution >= 0.6 is 22.9 Å². The standard InChI is InChI=1S/C29H24ClO2S2.C24BF20/c1-2-3-18-32-25-16-15-24(30)27-28(31)23-19-22(14-17-26(23)33-29(25)27)34(20-10-6-4-7-11-20)21-12-8-5-9-13-21;26-5-1(6(27)14(35)21(42)13(5)34)25(2-7(28)15(36)22(43)16(37)8(2)29,3-9(30)17(38)23(44)18(39)10(3)31)4-11(32)19(40)24(45)20(41)12(4)33/h4-17,19H,2-3,18H2,1H3;/q+1;-1. The summed E-state index contributed by atoms with van der Waals surface area (Å²) in [5.74, 6) is -70.7. The third-order valence-electron chi connectivity index (χ3n) is 12.4. The molecule has 0 saturated heterocycles. The van der Waals surface area contributed by atoms with E-state index in [1.165, 1.54) is 9.79 Å². The molecule has 0 radical (unpaired) electrons. The van der Waals surface area contributed by atoms with Gasteiger partial charge in [0.15, 0.2) is 89.9 Å². The maximum Gasteiger partial charge on any atom is 0.200 e. The fourth-order valence-electron chi connectivity index (χ4n) is 8.84. The van der Waals surface area contributed by atoms with Gasteiger partial charge in [-0.25, -0.2) is 87.8 Å². The first kappa shape index (κ1) is 57.9. The lowest BCUT2D eigenvalue weighted by Gasteiger charge is -2.44. The van der Waals surface area contributed by atoms with Crippen LogP contribution in [0, 0.1) is 116 Å². The van der Waals surface area contributed by atoms with Gasteiger partial charge in [-0.05, 0) is 55.0 Å². The highest BCUT2D eigenvalue weighted by Crippen LogP contribution is 2.39. The van der Waals surface area contributed by atoms with Crippen LogP contribution in [0.1, 0.15) is 19.8 Å². The van der Waals surface area contributed by atoms with Crippen molar-refractivity contribution in [1.29, 1.82) is 0 Å². The quantitative estimate of drug-likeness (QED) is 0.0245. The van der Waals surface area contributed by atoms with Crippen LogP contribution in [0.3, 0.4) is 0 Å². The summed E-state index contributed by atoms with van der Waals surface area (Å²) in [6, 6.07) is 30.8. The van der Waals surface area contributed by atoms with Crippen molar-refractivity contribution >= 4 is 82.0 Å². The van der Waals surface area contributed by atoms with Gasteiger partial charge in [-0.2, -0.15) is 0 Å². The number of halogens is 21. The monoisotopic (exact) mass is 1180 g/mol. The molecule has 0 bridgehead atoms. The molecular weight excluding hydrogens is 1160 g/mol. The molecule has 0 spiro atoms. The maximum atomic E-state index is 15.4. The minimum absolute atomic E-state index is 0.0405. The summed E-state index contributed by atoms with van der Waals surface area (Å²) in [6.45, 7) is 2.76. The Morgan fingerprint density at radius 2 is 0.785 bits per heavy atom. The van der Waals surface area contributed by atoms with E-state index in [1.807, 2.05) is 18.2 Å². The van der Waals surface area contributed by atoms with Gasteiger partial charge in [0.2, 0.25) is 0 Å². The van der Waals surface area contributed by atoms with Gasteiger partial charge in [0.1, 0.15) is 58.4 Å². The van der Waals surface area contributed by atoms with E-state index >= 15 is 35.1 Å². The van der Waals surface area contributed by atoms with E-state index in [-0.39, 0.29) is 16.3 Å². The third-order valence-corrected chi connectivity index (χ3v) is 16.1.